The Bertz CT molecular complexity index is 558. The minimum atomic E-state index is 0.652. The van der Waals surface area contributed by atoms with Gasteiger partial charge in [-0.15, -0.1) is 11.3 Å². The lowest BCUT2D eigenvalue weighted by atomic mass is 10.1. The van der Waals surface area contributed by atoms with Crippen molar-refractivity contribution in [3.8, 4) is 0 Å². The summed E-state index contributed by atoms with van der Waals surface area (Å²) in [5, 5.41) is 4.49. The Hall–Kier alpha value is -1.19. The van der Waals surface area contributed by atoms with Crippen LogP contribution in [0.25, 0.3) is 0 Å². The summed E-state index contributed by atoms with van der Waals surface area (Å²) in [5.74, 6) is 0.652. The molecule has 0 spiro atoms. The van der Waals surface area contributed by atoms with Gasteiger partial charge < -0.3 is 5.32 Å². The summed E-state index contributed by atoms with van der Waals surface area (Å²) in [7, 11) is 2.00. The predicted octanol–water partition coefficient (Wildman–Crippen LogP) is 3.96. The molecule has 1 N–H and O–H groups in total. The third-order valence-electron chi connectivity index (χ3n) is 3.36. The summed E-state index contributed by atoms with van der Waals surface area (Å²) in [6.45, 7) is 7.60. The lowest BCUT2D eigenvalue weighted by Gasteiger charge is -2.04. The van der Waals surface area contributed by atoms with Gasteiger partial charge in [0.05, 0.1) is 10.7 Å². The Labute approximate surface area is 126 Å². The second kappa shape index (κ2) is 7.00. The molecule has 0 unspecified atom stereocenters. The molecule has 2 nitrogen and oxygen atoms in total. The first kappa shape index (κ1) is 15.2. The first-order chi connectivity index (χ1) is 9.60. The average molecular weight is 288 g/mol. The number of hydrogen-bond donors (Lipinski definition) is 1. The fourth-order valence-corrected chi connectivity index (χ4v) is 3.46. The smallest absolute Gasteiger partial charge is 0.0975 e. The van der Waals surface area contributed by atoms with E-state index in [1.54, 1.807) is 0 Å². The molecule has 0 aliphatic rings. The molecule has 0 aliphatic heterocycles. The number of benzene rings is 1. The van der Waals surface area contributed by atoms with Crippen LogP contribution in [0.2, 0.25) is 0 Å². The molecular weight excluding hydrogens is 264 g/mol. The Kier molecular flexibility index (Phi) is 5.32. The normalized spacial score (nSPS) is 11.2. The summed E-state index contributed by atoms with van der Waals surface area (Å²) in [6, 6.07) is 8.58. The molecule has 0 saturated carbocycles. The van der Waals surface area contributed by atoms with Gasteiger partial charge in [0.15, 0.2) is 0 Å². The van der Waals surface area contributed by atoms with E-state index >= 15 is 0 Å². The molecule has 1 aromatic heterocycles. The Morgan fingerprint density at radius 3 is 2.65 bits per heavy atom. The van der Waals surface area contributed by atoms with Crippen LogP contribution < -0.4 is 5.32 Å². The molecule has 2 aromatic rings. The zero-order valence-electron chi connectivity index (χ0n) is 12.9. The Morgan fingerprint density at radius 1 is 1.25 bits per heavy atom. The van der Waals surface area contributed by atoms with E-state index in [1.807, 2.05) is 18.4 Å². The summed E-state index contributed by atoms with van der Waals surface area (Å²) in [5.41, 5.74) is 4.01. The fraction of sp³-hybridized carbons (Fsp3) is 0.471. The quantitative estimate of drug-likeness (QED) is 0.870. The van der Waals surface area contributed by atoms with E-state index in [4.69, 9.17) is 4.98 Å². The molecule has 1 heterocycles. The lowest BCUT2D eigenvalue weighted by molar-refractivity contribution is 0.629. The molecule has 0 atom stereocenters. The standard InChI is InChI=1S/C17H24N2S/c1-12(2)9-15-16(11-18-4)20-17(19-15)10-14-8-6-5-7-13(14)3/h5-8,12,18H,9-11H2,1-4H3. The number of hydrogen-bond acceptors (Lipinski definition) is 3. The van der Waals surface area contributed by atoms with E-state index < -0.39 is 0 Å². The van der Waals surface area contributed by atoms with Crippen LogP contribution in [-0.2, 0) is 19.4 Å². The van der Waals surface area contributed by atoms with Crippen molar-refractivity contribution in [2.45, 2.75) is 40.2 Å². The molecule has 0 bridgehead atoms. The van der Waals surface area contributed by atoms with Gasteiger partial charge in [0, 0.05) is 17.8 Å². The van der Waals surface area contributed by atoms with E-state index in [0.29, 0.717) is 5.92 Å². The highest BCUT2D eigenvalue weighted by atomic mass is 32.1. The number of aromatic nitrogens is 1. The van der Waals surface area contributed by atoms with Crippen molar-refractivity contribution in [1.82, 2.24) is 10.3 Å². The van der Waals surface area contributed by atoms with Gasteiger partial charge in [-0.05, 0) is 37.4 Å². The van der Waals surface area contributed by atoms with Crippen molar-refractivity contribution in [3.05, 3.63) is 51.0 Å². The third kappa shape index (κ3) is 3.90. The van der Waals surface area contributed by atoms with Gasteiger partial charge in [0.25, 0.3) is 0 Å². The topological polar surface area (TPSA) is 24.9 Å². The van der Waals surface area contributed by atoms with Gasteiger partial charge >= 0.3 is 0 Å². The molecule has 108 valence electrons. The molecule has 0 saturated heterocycles. The highest BCUT2D eigenvalue weighted by Crippen LogP contribution is 2.24. The van der Waals surface area contributed by atoms with Crippen LogP contribution in [0.3, 0.4) is 0 Å². The van der Waals surface area contributed by atoms with Crippen molar-refractivity contribution in [1.29, 1.82) is 0 Å². The van der Waals surface area contributed by atoms with Crippen LogP contribution >= 0.6 is 11.3 Å². The van der Waals surface area contributed by atoms with Gasteiger partial charge in [-0.3, -0.25) is 0 Å². The maximum Gasteiger partial charge on any atom is 0.0975 e. The Morgan fingerprint density at radius 2 is 2.00 bits per heavy atom. The number of rotatable bonds is 6. The fourth-order valence-electron chi connectivity index (χ4n) is 2.33. The molecule has 0 amide bonds. The van der Waals surface area contributed by atoms with Crippen molar-refractivity contribution in [2.75, 3.05) is 7.05 Å². The number of nitrogens with zero attached hydrogens (tertiary/aromatic N) is 1. The van der Waals surface area contributed by atoms with E-state index in [-0.39, 0.29) is 0 Å². The van der Waals surface area contributed by atoms with E-state index in [1.165, 1.54) is 26.7 Å². The summed E-state index contributed by atoms with van der Waals surface area (Å²) >= 11 is 1.86. The van der Waals surface area contributed by atoms with Gasteiger partial charge in [-0.2, -0.15) is 0 Å². The second-order valence-electron chi connectivity index (χ2n) is 5.71. The van der Waals surface area contributed by atoms with Crippen LogP contribution in [0.5, 0.6) is 0 Å². The molecule has 20 heavy (non-hydrogen) atoms. The van der Waals surface area contributed by atoms with E-state index in [0.717, 1.165) is 19.4 Å². The van der Waals surface area contributed by atoms with Gasteiger partial charge in [-0.1, -0.05) is 38.1 Å². The summed E-state index contributed by atoms with van der Waals surface area (Å²) in [6.07, 6.45) is 2.02. The maximum absolute atomic E-state index is 4.88. The first-order valence-electron chi connectivity index (χ1n) is 7.26. The summed E-state index contributed by atoms with van der Waals surface area (Å²) < 4.78 is 0. The van der Waals surface area contributed by atoms with Crippen LogP contribution in [0.15, 0.2) is 24.3 Å². The molecule has 3 heteroatoms. The van der Waals surface area contributed by atoms with Crippen molar-refractivity contribution in [2.24, 2.45) is 5.92 Å². The largest absolute Gasteiger partial charge is 0.315 e. The molecule has 1 aromatic carbocycles. The lowest BCUT2D eigenvalue weighted by Crippen LogP contribution is -2.07. The highest BCUT2D eigenvalue weighted by molar-refractivity contribution is 7.11. The van der Waals surface area contributed by atoms with E-state index in [2.05, 4.69) is 50.4 Å². The van der Waals surface area contributed by atoms with Crippen LogP contribution in [0.4, 0.5) is 0 Å². The second-order valence-corrected chi connectivity index (χ2v) is 6.88. The van der Waals surface area contributed by atoms with Crippen LogP contribution in [-0.4, -0.2) is 12.0 Å². The van der Waals surface area contributed by atoms with Gasteiger partial charge in [0.2, 0.25) is 0 Å². The minimum absolute atomic E-state index is 0.652. The molecule has 0 aliphatic carbocycles. The van der Waals surface area contributed by atoms with Crippen molar-refractivity contribution in [3.63, 3.8) is 0 Å². The minimum Gasteiger partial charge on any atom is -0.315 e. The third-order valence-corrected chi connectivity index (χ3v) is 4.46. The number of nitrogens with one attached hydrogen (secondary N) is 1. The monoisotopic (exact) mass is 288 g/mol. The highest BCUT2D eigenvalue weighted by Gasteiger charge is 2.13. The SMILES string of the molecule is CNCc1sc(Cc2ccccc2C)nc1CC(C)C. The van der Waals surface area contributed by atoms with Crippen LogP contribution in [0.1, 0.15) is 40.6 Å². The molecular formula is C17H24N2S. The first-order valence-corrected chi connectivity index (χ1v) is 8.08. The molecule has 2 rings (SSSR count). The van der Waals surface area contributed by atoms with Crippen molar-refractivity contribution < 1.29 is 0 Å². The number of thiazole rings is 1. The number of aryl methyl sites for hydroxylation is 1. The van der Waals surface area contributed by atoms with Crippen molar-refractivity contribution >= 4 is 11.3 Å². The van der Waals surface area contributed by atoms with E-state index in [9.17, 15) is 0 Å². The Balaban J connectivity index is 2.22. The molecule has 0 fully saturated rings. The predicted molar refractivity (Wildman–Crippen MR) is 87.4 cm³/mol. The zero-order chi connectivity index (χ0) is 14.5. The maximum atomic E-state index is 4.88. The average Bonchev–Trinajstić information content (AvgIpc) is 2.74. The van der Waals surface area contributed by atoms with Gasteiger partial charge in [0.1, 0.15) is 0 Å². The van der Waals surface area contributed by atoms with Gasteiger partial charge in [-0.25, -0.2) is 4.98 Å². The zero-order valence-corrected chi connectivity index (χ0v) is 13.7. The molecule has 0 radical (unpaired) electrons. The van der Waals surface area contributed by atoms with Crippen LogP contribution in [0, 0.1) is 12.8 Å². The summed E-state index contributed by atoms with van der Waals surface area (Å²) in [4.78, 5) is 6.28.